The van der Waals surface area contributed by atoms with E-state index in [-0.39, 0.29) is 36.2 Å². The van der Waals surface area contributed by atoms with Gasteiger partial charge in [0.25, 0.3) is 0 Å². The highest BCUT2D eigenvalue weighted by Gasteiger charge is 2.58. The van der Waals surface area contributed by atoms with Crippen molar-refractivity contribution in [1.82, 2.24) is 10.2 Å². The number of carbonyl (C=O) groups is 3. The Morgan fingerprint density at radius 1 is 1.16 bits per heavy atom. The molecule has 0 saturated carbocycles. The maximum absolute atomic E-state index is 13.7. The number of benzene rings is 1. The van der Waals surface area contributed by atoms with E-state index in [9.17, 15) is 19.5 Å². The van der Waals surface area contributed by atoms with Crippen LogP contribution in [-0.4, -0.2) is 60.6 Å². The number of aliphatic hydroxyl groups is 1. The van der Waals surface area contributed by atoms with Gasteiger partial charge in [-0.2, -0.15) is 0 Å². The van der Waals surface area contributed by atoms with Crippen LogP contribution in [0.1, 0.15) is 20.8 Å². The predicted octanol–water partition coefficient (Wildman–Crippen LogP) is 1.66. The average molecular weight is 444 g/mol. The van der Waals surface area contributed by atoms with Crippen LogP contribution in [0, 0.1) is 29.6 Å². The Labute approximate surface area is 189 Å². The SMILES string of the molecule is CNC(=O)[C@H]1[C@H]2C(=O)N([C@@H](CO)C(C)C)[C@H](C(=O)Nc3ccc(OC)cc3)[C@H]2C=C[C@H]1C. The first-order valence-electron chi connectivity index (χ1n) is 11.0. The number of allylic oxidation sites excluding steroid dienone is 1. The van der Waals surface area contributed by atoms with Crippen LogP contribution in [0.15, 0.2) is 36.4 Å². The first kappa shape index (κ1) is 23.8. The van der Waals surface area contributed by atoms with Gasteiger partial charge in [0.05, 0.1) is 31.6 Å². The van der Waals surface area contributed by atoms with E-state index in [4.69, 9.17) is 4.74 Å². The smallest absolute Gasteiger partial charge is 0.247 e. The number of aliphatic hydroxyl groups excluding tert-OH is 1. The highest BCUT2D eigenvalue weighted by atomic mass is 16.5. The molecular weight excluding hydrogens is 410 g/mol. The summed E-state index contributed by atoms with van der Waals surface area (Å²) in [5, 5.41) is 15.7. The molecule has 2 aliphatic rings. The summed E-state index contributed by atoms with van der Waals surface area (Å²) in [7, 11) is 3.12. The van der Waals surface area contributed by atoms with Crippen LogP contribution in [0.2, 0.25) is 0 Å². The number of carbonyl (C=O) groups excluding carboxylic acids is 3. The van der Waals surface area contributed by atoms with Gasteiger partial charge in [-0.1, -0.05) is 32.9 Å². The summed E-state index contributed by atoms with van der Waals surface area (Å²) in [5.41, 5.74) is 0.577. The summed E-state index contributed by atoms with van der Waals surface area (Å²) >= 11 is 0. The molecule has 8 heteroatoms. The Kier molecular flexibility index (Phi) is 7.23. The van der Waals surface area contributed by atoms with Gasteiger partial charge in [0.15, 0.2) is 0 Å². The quantitative estimate of drug-likeness (QED) is 0.556. The first-order chi connectivity index (χ1) is 15.2. The molecule has 3 amide bonds. The summed E-state index contributed by atoms with van der Waals surface area (Å²) in [4.78, 5) is 41.4. The molecule has 1 aromatic carbocycles. The highest BCUT2D eigenvalue weighted by Crippen LogP contribution is 2.45. The van der Waals surface area contributed by atoms with Crippen molar-refractivity contribution in [2.75, 3.05) is 26.1 Å². The van der Waals surface area contributed by atoms with Gasteiger partial charge in [-0.05, 0) is 36.1 Å². The molecule has 0 aromatic heterocycles. The van der Waals surface area contributed by atoms with Crippen molar-refractivity contribution in [3.05, 3.63) is 36.4 Å². The Hall–Kier alpha value is -2.87. The fourth-order valence-corrected chi connectivity index (χ4v) is 4.97. The Bertz CT molecular complexity index is 882. The van der Waals surface area contributed by atoms with Gasteiger partial charge in [-0.3, -0.25) is 14.4 Å². The predicted molar refractivity (Wildman–Crippen MR) is 121 cm³/mol. The van der Waals surface area contributed by atoms with E-state index in [1.54, 1.807) is 38.4 Å². The largest absolute Gasteiger partial charge is 0.497 e. The van der Waals surface area contributed by atoms with Gasteiger partial charge in [0.1, 0.15) is 11.8 Å². The lowest BCUT2D eigenvalue weighted by atomic mass is 9.70. The van der Waals surface area contributed by atoms with Crippen LogP contribution < -0.4 is 15.4 Å². The second-order valence-electron chi connectivity index (χ2n) is 8.89. The minimum absolute atomic E-state index is 0.0692. The average Bonchev–Trinajstić information content (AvgIpc) is 3.06. The van der Waals surface area contributed by atoms with Crippen LogP contribution in [0.25, 0.3) is 0 Å². The Balaban J connectivity index is 2.01. The van der Waals surface area contributed by atoms with Crippen LogP contribution >= 0.6 is 0 Å². The molecule has 1 saturated heterocycles. The third kappa shape index (κ3) is 4.24. The number of amides is 3. The Morgan fingerprint density at radius 3 is 2.34 bits per heavy atom. The summed E-state index contributed by atoms with van der Waals surface area (Å²) in [6.45, 7) is 5.45. The van der Waals surface area contributed by atoms with E-state index in [2.05, 4.69) is 10.6 Å². The fraction of sp³-hybridized carbons (Fsp3) is 0.542. The van der Waals surface area contributed by atoms with Crippen molar-refractivity contribution in [3.8, 4) is 5.75 Å². The van der Waals surface area contributed by atoms with Crippen molar-refractivity contribution in [2.24, 2.45) is 29.6 Å². The molecule has 1 aromatic rings. The molecule has 0 spiro atoms. The zero-order valence-electron chi connectivity index (χ0n) is 19.2. The number of anilines is 1. The highest BCUT2D eigenvalue weighted by molar-refractivity contribution is 6.02. The standard InChI is InChI=1S/C24H33N3O5/c1-13(2)18(12-28)27-21(23(30)26-15-7-9-16(32-5)10-8-15)17-11-6-14(3)19(22(29)25-4)20(17)24(27)31/h6-11,13-14,17-21,28H,12H2,1-5H3,(H,25,29)(H,26,30)/t14-,17+,18+,19-,20+,21+/m1/s1. The maximum atomic E-state index is 13.7. The molecule has 174 valence electrons. The normalized spacial score (nSPS) is 27.8. The number of ether oxygens (including phenoxy) is 1. The van der Waals surface area contributed by atoms with Gasteiger partial charge < -0.3 is 25.4 Å². The number of fused-ring (bicyclic) bond motifs is 1. The van der Waals surface area contributed by atoms with E-state index in [0.717, 1.165) is 0 Å². The zero-order valence-corrected chi connectivity index (χ0v) is 19.2. The lowest BCUT2D eigenvalue weighted by Gasteiger charge is -2.35. The number of hydrogen-bond acceptors (Lipinski definition) is 5. The third-order valence-electron chi connectivity index (χ3n) is 6.70. The molecule has 0 bridgehead atoms. The van der Waals surface area contributed by atoms with Gasteiger partial charge in [-0.15, -0.1) is 0 Å². The van der Waals surface area contributed by atoms with E-state index in [1.807, 2.05) is 32.9 Å². The van der Waals surface area contributed by atoms with E-state index >= 15 is 0 Å². The van der Waals surface area contributed by atoms with Crippen LogP contribution in [0.4, 0.5) is 5.69 Å². The second-order valence-corrected chi connectivity index (χ2v) is 8.89. The van der Waals surface area contributed by atoms with Crippen molar-refractivity contribution in [3.63, 3.8) is 0 Å². The number of nitrogens with zero attached hydrogens (tertiary/aromatic N) is 1. The molecular formula is C24H33N3O5. The van der Waals surface area contributed by atoms with E-state index in [0.29, 0.717) is 11.4 Å². The Morgan fingerprint density at radius 2 is 1.81 bits per heavy atom. The van der Waals surface area contributed by atoms with Crippen LogP contribution in [0.3, 0.4) is 0 Å². The minimum Gasteiger partial charge on any atom is -0.497 e. The van der Waals surface area contributed by atoms with Gasteiger partial charge >= 0.3 is 0 Å². The molecule has 1 heterocycles. The topological polar surface area (TPSA) is 108 Å². The van der Waals surface area contributed by atoms with Gasteiger partial charge in [0.2, 0.25) is 17.7 Å². The molecule has 8 nitrogen and oxygen atoms in total. The van der Waals surface area contributed by atoms with Gasteiger partial charge in [-0.25, -0.2) is 0 Å². The second kappa shape index (κ2) is 9.73. The molecule has 0 radical (unpaired) electrons. The monoisotopic (exact) mass is 443 g/mol. The minimum atomic E-state index is -0.829. The molecule has 3 N–H and O–H groups in total. The number of methoxy groups -OCH3 is 1. The summed E-state index contributed by atoms with van der Waals surface area (Å²) in [6, 6.07) is 5.58. The first-order valence-corrected chi connectivity index (χ1v) is 11.0. The number of nitrogens with one attached hydrogen (secondary N) is 2. The van der Waals surface area contributed by atoms with Crippen molar-refractivity contribution < 1.29 is 24.2 Å². The van der Waals surface area contributed by atoms with Gasteiger partial charge in [0, 0.05) is 18.7 Å². The molecule has 32 heavy (non-hydrogen) atoms. The van der Waals surface area contributed by atoms with Crippen molar-refractivity contribution in [2.45, 2.75) is 32.9 Å². The molecule has 1 fully saturated rings. The maximum Gasteiger partial charge on any atom is 0.247 e. The molecule has 6 atom stereocenters. The molecule has 1 aliphatic heterocycles. The van der Waals surface area contributed by atoms with Crippen LogP contribution in [-0.2, 0) is 14.4 Å². The third-order valence-corrected chi connectivity index (χ3v) is 6.70. The summed E-state index contributed by atoms with van der Waals surface area (Å²) in [5.74, 6) is -2.06. The summed E-state index contributed by atoms with van der Waals surface area (Å²) in [6.07, 6.45) is 3.80. The van der Waals surface area contributed by atoms with Crippen molar-refractivity contribution in [1.29, 1.82) is 0 Å². The van der Waals surface area contributed by atoms with E-state index in [1.165, 1.54) is 4.90 Å². The lowest BCUT2D eigenvalue weighted by molar-refractivity contribution is -0.143. The summed E-state index contributed by atoms with van der Waals surface area (Å²) < 4.78 is 5.16. The lowest BCUT2D eigenvalue weighted by Crippen LogP contribution is -2.52. The number of rotatable bonds is 7. The molecule has 1 aliphatic carbocycles. The van der Waals surface area contributed by atoms with Crippen molar-refractivity contribution >= 4 is 23.4 Å². The number of likely N-dealkylation sites (tertiary alicyclic amines) is 1. The zero-order chi connectivity index (χ0) is 23.6. The fourth-order valence-electron chi connectivity index (χ4n) is 4.97. The van der Waals surface area contributed by atoms with Crippen LogP contribution in [0.5, 0.6) is 5.75 Å². The number of hydrogen-bond donors (Lipinski definition) is 3. The molecule has 3 rings (SSSR count). The van der Waals surface area contributed by atoms with E-state index < -0.39 is 29.8 Å². The molecule has 0 unspecified atom stereocenters.